The van der Waals surface area contributed by atoms with Crippen molar-refractivity contribution in [1.82, 2.24) is 0 Å². The van der Waals surface area contributed by atoms with Crippen LogP contribution in [0.5, 0.6) is 0 Å². The van der Waals surface area contributed by atoms with Crippen LogP contribution in [-0.2, 0) is 0 Å². The third-order valence-electron chi connectivity index (χ3n) is 7.85. The second-order valence-corrected chi connectivity index (χ2v) is 10.0. The normalized spacial score (nSPS) is 13.3. The molecule has 162 valence electrons. The first-order valence-electron chi connectivity index (χ1n) is 12.3. The van der Waals surface area contributed by atoms with E-state index in [4.69, 9.17) is 0 Å². The fraction of sp³-hybridized carbons (Fsp3) is 0.125. The molecule has 0 saturated heterocycles. The van der Waals surface area contributed by atoms with Crippen LogP contribution in [-0.4, -0.2) is 13.8 Å². The van der Waals surface area contributed by atoms with Crippen molar-refractivity contribution in [3.05, 3.63) is 103 Å². The summed E-state index contributed by atoms with van der Waals surface area (Å²) in [6.07, 6.45) is 0. The van der Waals surface area contributed by atoms with Gasteiger partial charge in [0.1, 0.15) is 0 Å². The average Bonchev–Trinajstić information content (AvgIpc) is 2.98. The van der Waals surface area contributed by atoms with Crippen LogP contribution in [0.2, 0.25) is 0 Å². The van der Waals surface area contributed by atoms with Gasteiger partial charge in [-0.1, -0.05) is 110 Å². The predicted octanol–water partition coefficient (Wildman–Crippen LogP) is 6.30. The molecule has 0 spiro atoms. The third-order valence-corrected chi connectivity index (χ3v) is 7.85. The second kappa shape index (κ2) is 7.11. The van der Waals surface area contributed by atoms with Gasteiger partial charge < -0.3 is 4.90 Å². The molecule has 0 radical (unpaired) electrons. The first-order chi connectivity index (χ1) is 16.6. The molecule has 0 aliphatic carbocycles. The Kier molecular flexibility index (Phi) is 4.11. The second-order valence-electron chi connectivity index (χ2n) is 10.0. The molecule has 1 aliphatic rings. The van der Waals surface area contributed by atoms with E-state index in [1.54, 1.807) is 0 Å². The monoisotopic (exact) mass is 435 g/mol. The number of rotatable bonds is 2. The van der Waals surface area contributed by atoms with Crippen molar-refractivity contribution in [2.24, 2.45) is 0 Å². The van der Waals surface area contributed by atoms with Crippen LogP contribution in [0.4, 0.5) is 11.4 Å². The van der Waals surface area contributed by atoms with Gasteiger partial charge in [-0.25, -0.2) is 0 Å². The zero-order valence-corrected chi connectivity index (χ0v) is 19.8. The molecule has 1 heterocycles. The molecule has 0 aromatic heterocycles. The van der Waals surface area contributed by atoms with Crippen molar-refractivity contribution in [1.29, 1.82) is 0 Å². The maximum absolute atomic E-state index is 2.42. The van der Waals surface area contributed by atoms with Gasteiger partial charge in [0.05, 0.1) is 0 Å². The van der Waals surface area contributed by atoms with Crippen molar-refractivity contribution in [3.8, 4) is 0 Å². The Bertz CT molecular complexity index is 1700. The fourth-order valence-electron chi connectivity index (χ4n) is 6.29. The van der Waals surface area contributed by atoms with E-state index in [2.05, 4.69) is 123 Å². The Balaban J connectivity index is 1.71. The van der Waals surface area contributed by atoms with Crippen LogP contribution >= 0.6 is 0 Å². The molecule has 0 amide bonds. The molecule has 1 aliphatic heterocycles. The molecular formula is C32H26BN. The van der Waals surface area contributed by atoms with Crippen molar-refractivity contribution in [2.75, 3.05) is 11.9 Å². The Morgan fingerprint density at radius 3 is 2.18 bits per heavy atom. The Hall–Kier alpha value is -3.78. The number of anilines is 2. The number of hydrogen-bond donors (Lipinski definition) is 0. The molecule has 34 heavy (non-hydrogen) atoms. The molecule has 0 atom stereocenters. The summed E-state index contributed by atoms with van der Waals surface area (Å²) in [7, 11) is 2.23. The van der Waals surface area contributed by atoms with Crippen LogP contribution in [0.25, 0.3) is 32.3 Å². The van der Waals surface area contributed by atoms with Gasteiger partial charge >= 0.3 is 0 Å². The van der Waals surface area contributed by atoms with Crippen molar-refractivity contribution in [3.63, 3.8) is 0 Å². The van der Waals surface area contributed by atoms with E-state index in [1.165, 1.54) is 65.6 Å². The highest BCUT2D eigenvalue weighted by atomic mass is 15.1. The number of fused-ring (bicyclic) bond motifs is 1. The van der Waals surface area contributed by atoms with E-state index in [9.17, 15) is 0 Å². The molecule has 0 fully saturated rings. The summed E-state index contributed by atoms with van der Waals surface area (Å²) in [6, 6.07) is 36.4. The maximum Gasteiger partial charge on any atom is 0.244 e. The lowest BCUT2D eigenvalue weighted by atomic mass is 9.36. The van der Waals surface area contributed by atoms with E-state index in [0.717, 1.165) is 0 Å². The Morgan fingerprint density at radius 1 is 0.618 bits per heavy atom. The van der Waals surface area contributed by atoms with E-state index in [1.807, 2.05) is 0 Å². The van der Waals surface area contributed by atoms with Gasteiger partial charge in [0.25, 0.3) is 0 Å². The molecule has 0 unspecified atom stereocenters. The molecule has 1 nitrogen and oxygen atoms in total. The van der Waals surface area contributed by atoms with Gasteiger partial charge in [-0.2, -0.15) is 0 Å². The molecule has 2 heteroatoms. The van der Waals surface area contributed by atoms with Crippen molar-refractivity contribution < 1.29 is 0 Å². The highest BCUT2D eigenvalue weighted by Crippen LogP contribution is 2.43. The van der Waals surface area contributed by atoms with E-state index < -0.39 is 0 Å². The van der Waals surface area contributed by atoms with Crippen molar-refractivity contribution in [2.45, 2.75) is 19.8 Å². The van der Waals surface area contributed by atoms with E-state index >= 15 is 0 Å². The zero-order valence-electron chi connectivity index (χ0n) is 19.8. The lowest BCUT2D eigenvalue weighted by molar-refractivity contribution is 0.877. The Morgan fingerprint density at radius 2 is 1.35 bits per heavy atom. The van der Waals surface area contributed by atoms with Crippen LogP contribution < -0.4 is 21.3 Å². The number of nitrogens with zero attached hydrogens (tertiary/aromatic N) is 1. The SMILES string of the molecule is CC(C)c1ccc2cc3c4c(ccc5ccc1c2c54)B(c1ccccc1)c1ccccc1N3C. The first kappa shape index (κ1) is 19.7. The van der Waals surface area contributed by atoms with Gasteiger partial charge in [0, 0.05) is 23.8 Å². The molecule has 6 aromatic carbocycles. The standard InChI is InChI=1S/C32H26BN/c1-20(2)24-16-14-22-19-29-32-27(18-15-21-13-17-25(24)30(22)31(21)32)33(23-9-5-4-6-10-23)26-11-7-8-12-28(26)34(29)3/h4-20H,1-3H3. The summed E-state index contributed by atoms with van der Waals surface area (Å²) < 4.78 is 0. The quantitative estimate of drug-likeness (QED) is 0.228. The minimum atomic E-state index is 0.190. The first-order valence-corrected chi connectivity index (χ1v) is 12.3. The fourth-order valence-corrected chi connectivity index (χ4v) is 6.29. The maximum atomic E-state index is 2.42. The van der Waals surface area contributed by atoms with Gasteiger partial charge in [-0.05, 0) is 56.0 Å². The predicted molar refractivity (Wildman–Crippen MR) is 150 cm³/mol. The molecule has 0 N–H and O–H groups in total. The van der Waals surface area contributed by atoms with Crippen LogP contribution in [0.15, 0.2) is 97.1 Å². The summed E-state index contributed by atoms with van der Waals surface area (Å²) in [5, 5.41) is 8.26. The highest BCUT2D eigenvalue weighted by Gasteiger charge is 2.32. The number of para-hydroxylation sites is 1. The Labute approximate surface area is 201 Å². The van der Waals surface area contributed by atoms with Crippen LogP contribution in [0.1, 0.15) is 25.3 Å². The smallest absolute Gasteiger partial charge is 0.244 e. The van der Waals surface area contributed by atoms with E-state index in [0.29, 0.717) is 5.92 Å². The summed E-state index contributed by atoms with van der Waals surface area (Å²) in [6.45, 7) is 4.79. The van der Waals surface area contributed by atoms with Gasteiger partial charge in [0.15, 0.2) is 0 Å². The minimum absolute atomic E-state index is 0.190. The minimum Gasteiger partial charge on any atom is -0.345 e. The lowest BCUT2D eigenvalue weighted by Gasteiger charge is -2.24. The van der Waals surface area contributed by atoms with Crippen LogP contribution in [0.3, 0.4) is 0 Å². The van der Waals surface area contributed by atoms with Gasteiger partial charge in [-0.3, -0.25) is 0 Å². The molecule has 7 rings (SSSR count). The summed E-state index contributed by atoms with van der Waals surface area (Å²) >= 11 is 0. The largest absolute Gasteiger partial charge is 0.345 e. The van der Waals surface area contributed by atoms with Gasteiger partial charge in [-0.15, -0.1) is 0 Å². The topological polar surface area (TPSA) is 3.24 Å². The summed E-state index contributed by atoms with van der Waals surface area (Å²) in [4.78, 5) is 2.41. The summed E-state index contributed by atoms with van der Waals surface area (Å²) in [5.41, 5.74) is 8.11. The molecule has 6 aromatic rings. The molecular weight excluding hydrogens is 409 g/mol. The van der Waals surface area contributed by atoms with E-state index in [-0.39, 0.29) is 6.71 Å². The highest BCUT2D eigenvalue weighted by molar-refractivity contribution is 6.98. The molecule has 0 bridgehead atoms. The summed E-state index contributed by atoms with van der Waals surface area (Å²) in [5.74, 6) is 0.489. The zero-order chi connectivity index (χ0) is 23.0. The average molecular weight is 435 g/mol. The van der Waals surface area contributed by atoms with Crippen molar-refractivity contribution >= 4 is 66.8 Å². The molecule has 0 saturated carbocycles. The third kappa shape index (κ3) is 2.57. The van der Waals surface area contributed by atoms with Crippen LogP contribution in [0, 0.1) is 0 Å². The number of hydrogen-bond acceptors (Lipinski definition) is 1. The van der Waals surface area contributed by atoms with Gasteiger partial charge in [0.2, 0.25) is 6.71 Å². The lowest BCUT2D eigenvalue weighted by Crippen LogP contribution is -2.52. The number of benzene rings is 6.